The van der Waals surface area contributed by atoms with Crippen LogP contribution in [0.5, 0.6) is 0 Å². The average molecular weight is 578 g/mol. The van der Waals surface area contributed by atoms with Crippen LogP contribution in [0, 0.1) is 29.9 Å². The summed E-state index contributed by atoms with van der Waals surface area (Å²) in [5, 5.41) is 0. The first-order valence-corrected chi connectivity index (χ1v) is 13.6. The molecule has 0 spiro atoms. The molecule has 0 bridgehead atoms. The van der Waals surface area contributed by atoms with Gasteiger partial charge in [-0.3, -0.25) is 15.0 Å². The lowest BCUT2D eigenvalue weighted by atomic mass is 9.92. The van der Waals surface area contributed by atoms with Crippen molar-refractivity contribution in [1.29, 1.82) is 0 Å². The zero-order valence-electron chi connectivity index (χ0n) is 23.9. The summed E-state index contributed by atoms with van der Waals surface area (Å²) >= 11 is 0. The van der Waals surface area contributed by atoms with Crippen molar-refractivity contribution in [3.05, 3.63) is 112 Å². The number of aromatic nitrogens is 1. The Morgan fingerprint density at radius 2 is 1.81 bits per heavy atom. The van der Waals surface area contributed by atoms with E-state index in [0.717, 1.165) is 23.4 Å². The lowest BCUT2D eigenvalue weighted by molar-refractivity contribution is -0.137. The Bertz CT molecular complexity index is 1560. The van der Waals surface area contributed by atoms with E-state index in [2.05, 4.69) is 20.9 Å². The quantitative estimate of drug-likeness (QED) is 0.120. The van der Waals surface area contributed by atoms with Gasteiger partial charge in [-0.2, -0.15) is 13.2 Å². The van der Waals surface area contributed by atoms with Crippen LogP contribution in [0.3, 0.4) is 0 Å². The second-order valence-electron chi connectivity index (χ2n) is 9.15. The molecule has 1 atom stereocenters. The van der Waals surface area contributed by atoms with Crippen LogP contribution in [0.25, 0.3) is 11.1 Å². The molecule has 3 nitrogen and oxygen atoms in total. The summed E-state index contributed by atoms with van der Waals surface area (Å²) in [6, 6.07) is 11.1. The Kier molecular flexibility index (Phi) is 11.1. The fraction of sp³-hybridized carbons (Fsp3) is 0.265. The Balaban J connectivity index is 0.00000237. The zero-order chi connectivity index (χ0) is 30.9. The number of alkyl halides is 3. The van der Waals surface area contributed by atoms with E-state index in [-0.39, 0.29) is 22.6 Å². The molecule has 8 heteroatoms. The summed E-state index contributed by atoms with van der Waals surface area (Å²) < 4.78 is 69.2. The topological polar surface area (TPSA) is 37.6 Å². The molecule has 1 aromatic heterocycles. The molecule has 4 rings (SSSR count). The molecule has 0 aliphatic carbocycles. The number of halogens is 5. The number of aliphatic imine (C=N–C) groups is 2. The molecule has 1 unspecified atom stereocenters. The highest BCUT2D eigenvalue weighted by atomic mass is 19.4. The molecular formula is C34H32F5N3. The molecule has 3 aromatic rings. The van der Waals surface area contributed by atoms with Crippen molar-refractivity contribution in [2.75, 3.05) is 7.05 Å². The normalized spacial score (nSPS) is 16.9. The van der Waals surface area contributed by atoms with Gasteiger partial charge < -0.3 is 0 Å². The fourth-order valence-electron chi connectivity index (χ4n) is 4.65. The second kappa shape index (κ2) is 14.5. The first kappa shape index (κ1) is 32.1. The summed E-state index contributed by atoms with van der Waals surface area (Å²) in [6.45, 7) is 5.82. The van der Waals surface area contributed by atoms with Crippen LogP contribution in [0.4, 0.5) is 22.0 Å². The summed E-state index contributed by atoms with van der Waals surface area (Å²) in [5.74, 6) is 0.0682. The number of aryl methyl sites for hydroxylation is 1. The number of unbranched alkanes of at least 4 members (excludes halogenated alkanes) is 1. The zero-order valence-corrected chi connectivity index (χ0v) is 23.9. The lowest BCUT2D eigenvalue weighted by Crippen LogP contribution is -2.11. The molecular weight excluding hydrogens is 545 g/mol. The van der Waals surface area contributed by atoms with Gasteiger partial charge in [-0.05, 0) is 67.7 Å². The second-order valence-corrected chi connectivity index (χ2v) is 9.15. The Labute approximate surface area is 243 Å². The number of hydrogen-bond donors (Lipinski definition) is 0. The van der Waals surface area contributed by atoms with Crippen molar-refractivity contribution in [3.8, 4) is 23.5 Å². The van der Waals surface area contributed by atoms with Crippen LogP contribution in [0.1, 0.15) is 56.0 Å². The highest BCUT2D eigenvalue weighted by molar-refractivity contribution is 6.17. The molecule has 42 heavy (non-hydrogen) atoms. The van der Waals surface area contributed by atoms with Crippen molar-refractivity contribution < 1.29 is 22.0 Å². The van der Waals surface area contributed by atoms with Gasteiger partial charge in [-0.1, -0.05) is 50.1 Å². The maximum atomic E-state index is 14.5. The van der Waals surface area contributed by atoms with Crippen molar-refractivity contribution >= 4 is 11.9 Å². The smallest absolute Gasteiger partial charge is 0.300 e. The van der Waals surface area contributed by atoms with E-state index in [1.807, 2.05) is 32.9 Å². The molecule has 2 heterocycles. The first-order chi connectivity index (χ1) is 20.2. The number of hydrogen-bond acceptors (Lipinski definition) is 3. The van der Waals surface area contributed by atoms with E-state index in [4.69, 9.17) is 6.42 Å². The number of allylic oxidation sites excluding steroid dienone is 3. The summed E-state index contributed by atoms with van der Waals surface area (Å²) in [5.41, 5.74) is 2.35. The maximum Gasteiger partial charge on any atom is 0.417 e. The Hall–Kier alpha value is -4.38. The largest absolute Gasteiger partial charge is 0.417 e. The number of terminal acetylenes is 1. The number of benzene rings is 2. The van der Waals surface area contributed by atoms with Gasteiger partial charge in [0.2, 0.25) is 0 Å². The summed E-state index contributed by atoms with van der Waals surface area (Å²) in [6.07, 6.45) is 9.55. The van der Waals surface area contributed by atoms with Crippen molar-refractivity contribution in [2.45, 2.75) is 46.2 Å². The first-order valence-electron chi connectivity index (χ1n) is 13.6. The van der Waals surface area contributed by atoms with Crippen molar-refractivity contribution in [3.63, 3.8) is 0 Å². The SMILES string of the molecule is C#Cc1ccc(-c2ccc(CCC/C=C3N=C(c4cccc(F)c4F)/C(=C/C)C/3C=NC)nc2)c(C(F)(F)F)c1.CC. The van der Waals surface area contributed by atoms with Gasteiger partial charge in [0.25, 0.3) is 0 Å². The van der Waals surface area contributed by atoms with Crippen LogP contribution in [-0.4, -0.2) is 24.0 Å². The van der Waals surface area contributed by atoms with E-state index in [9.17, 15) is 22.0 Å². The van der Waals surface area contributed by atoms with E-state index in [1.165, 1.54) is 30.5 Å². The van der Waals surface area contributed by atoms with Crippen LogP contribution >= 0.6 is 0 Å². The van der Waals surface area contributed by atoms with Crippen molar-refractivity contribution in [1.82, 2.24) is 4.98 Å². The highest BCUT2D eigenvalue weighted by Gasteiger charge is 2.34. The van der Waals surface area contributed by atoms with Gasteiger partial charge in [-0.15, -0.1) is 6.42 Å². The van der Waals surface area contributed by atoms with Crippen LogP contribution < -0.4 is 0 Å². The van der Waals surface area contributed by atoms with Gasteiger partial charge in [0.05, 0.1) is 22.9 Å². The van der Waals surface area contributed by atoms with E-state index in [1.54, 1.807) is 25.4 Å². The third kappa shape index (κ3) is 7.27. The van der Waals surface area contributed by atoms with E-state index >= 15 is 0 Å². The summed E-state index contributed by atoms with van der Waals surface area (Å²) in [7, 11) is 1.64. The van der Waals surface area contributed by atoms with Gasteiger partial charge >= 0.3 is 6.18 Å². The molecule has 0 saturated heterocycles. The van der Waals surface area contributed by atoms with Gasteiger partial charge in [0.1, 0.15) is 0 Å². The van der Waals surface area contributed by atoms with Gasteiger partial charge in [0.15, 0.2) is 11.6 Å². The molecule has 2 aromatic carbocycles. The molecule has 0 N–H and O–H groups in total. The van der Waals surface area contributed by atoms with E-state index in [0.29, 0.717) is 36.2 Å². The minimum atomic E-state index is -4.55. The monoisotopic (exact) mass is 577 g/mol. The number of nitrogens with zero attached hydrogens (tertiary/aromatic N) is 3. The van der Waals surface area contributed by atoms with Crippen molar-refractivity contribution in [2.24, 2.45) is 15.9 Å². The highest BCUT2D eigenvalue weighted by Crippen LogP contribution is 2.38. The maximum absolute atomic E-state index is 14.5. The lowest BCUT2D eigenvalue weighted by Gasteiger charge is -2.13. The standard InChI is InChI=1S/C32H26F5N3.C2H6/c1-4-20-13-16-24(27(17-20)32(35,36)37)21-14-15-22(39-18-21)9-6-7-12-29-26(19-38-3)23(5-2)31(40-29)25-10-8-11-28(33)30(25)34;1-2/h1,5,8,10-19,26H,6-7,9H2,2-3H3;1-2H3/b23-5+,29-12+,38-19?;. The molecule has 218 valence electrons. The average Bonchev–Trinajstić information content (AvgIpc) is 3.34. The van der Waals surface area contributed by atoms with E-state index < -0.39 is 23.4 Å². The fourth-order valence-corrected chi connectivity index (χ4v) is 4.65. The molecule has 0 saturated carbocycles. The number of pyridine rings is 1. The predicted molar refractivity (Wildman–Crippen MR) is 160 cm³/mol. The molecule has 1 aliphatic heterocycles. The van der Waals surface area contributed by atoms with Crippen LogP contribution in [0.15, 0.2) is 88.1 Å². The third-order valence-corrected chi connectivity index (χ3v) is 6.60. The molecule has 0 amide bonds. The Morgan fingerprint density at radius 3 is 2.43 bits per heavy atom. The molecule has 0 fully saturated rings. The molecule has 1 aliphatic rings. The van der Waals surface area contributed by atoms with Crippen LogP contribution in [-0.2, 0) is 12.6 Å². The van der Waals surface area contributed by atoms with Crippen LogP contribution in [0.2, 0.25) is 0 Å². The Morgan fingerprint density at radius 1 is 1.05 bits per heavy atom. The molecule has 0 radical (unpaired) electrons. The third-order valence-electron chi connectivity index (χ3n) is 6.60. The van der Waals surface area contributed by atoms with Gasteiger partial charge in [-0.25, -0.2) is 8.78 Å². The summed E-state index contributed by atoms with van der Waals surface area (Å²) in [4.78, 5) is 13.1. The number of rotatable bonds is 7. The predicted octanol–water partition coefficient (Wildman–Crippen LogP) is 9.03. The minimum absolute atomic E-state index is 0.0170. The van der Waals surface area contributed by atoms with Gasteiger partial charge in [0, 0.05) is 41.8 Å². The minimum Gasteiger partial charge on any atom is -0.300 e.